The fraction of sp³-hybridized carbons (Fsp3) is 0.588. The largest absolute Gasteiger partial charge is 0.384 e. The second kappa shape index (κ2) is 11.1. The minimum atomic E-state index is 0. The van der Waals surface area contributed by atoms with E-state index in [0.717, 1.165) is 50.2 Å². The summed E-state index contributed by atoms with van der Waals surface area (Å²) < 4.78 is 5.26. The third kappa shape index (κ3) is 6.85. The van der Waals surface area contributed by atoms with Gasteiger partial charge in [-0.2, -0.15) is 0 Å². The van der Waals surface area contributed by atoms with Gasteiger partial charge in [-0.3, -0.25) is 4.99 Å². The average Bonchev–Trinajstić information content (AvgIpc) is 2.97. The normalized spacial score (nSPS) is 18.0. The van der Waals surface area contributed by atoms with E-state index in [9.17, 15) is 0 Å². The van der Waals surface area contributed by atoms with Crippen LogP contribution in [0.4, 0.5) is 0 Å². The summed E-state index contributed by atoms with van der Waals surface area (Å²) in [5.74, 6) is 1.64. The zero-order chi connectivity index (χ0) is 15.8. The fourth-order valence-corrected chi connectivity index (χ4v) is 2.89. The Morgan fingerprint density at radius 3 is 2.78 bits per heavy atom. The van der Waals surface area contributed by atoms with Gasteiger partial charge in [-0.1, -0.05) is 23.7 Å². The van der Waals surface area contributed by atoms with Crippen molar-refractivity contribution in [1.29, 1.82) is 0 Å². The molecule has 1 heterocycles. The SMILES string of the molecule is CCNC(=NCCc1ccc(Cl)cc1)N1CCC(COC)C1.I. The first kappa shape index (κ1) is 20.5. The van der Waals surface area contributed by atoms with E-state index in [2.05, 4.69) is 29.3 Å². The van der Waals surface area contributed by atoms with Crippen LogP contribution in [0.5, 0.6) is 0 Å². The van der Waals surface area contributed by atoms with Gasteiger partial charge in [-0.05, 0) is 37.5 Å². The van der Waals surface area contributed by atoms with Crippen LogP contribution in [0.25, 0.3) is 0 Å². The maximum absolute atomic E-state index is 5.91. The zero-order valence-corrected chi connectivity index (χ0v) is 17.0. The standard InChI is InChI=1S/C17H26ClN3O.HI/c1-3-19-17(21-11-9-15(12-21)13-22-2)20-10-8-14-4-6-16(18)7-5-14;/h4-7,15H,3,8-13H2,1-2H3,(H,19,20);1H. The summed E-state index contributed by atoms with van der Waals surface area (Å²) in [6, 6.07) is 7.99. The van der Waals surface area contributed by atoms with Crippen molar-refractivity contribution in [2.75, 3.05) is 39.9 Å². The molecule has 0 bridgehead atoms. The zero-order valence-electron chi connectivity index (χ0n) is 13.9. The molecule has 0 radical (unpaired) electrons. The molecule has 1 aliphatic heterocycles. The molecule has 0 saturated carbocycles. The van der Waals surface area contributed by atoms with Crippen molar-refractivity contribution in [3.05, 3.63) is 34.9 Å². The number of rotatable bonds is 6. The Kier molecular flexibility index (Phi) is 9.90. The maximum Gasteiger partial charge on any atom is 0.193 e. The second-order valence-corrected chi connectivity index (χ2v) is 6.10. The van der Waals surface area contributed by atoms with Gasteiger partial charge in [0.15, 0.2) is 5.96 Å². The Morgan fingerprint density at radius 2 is 2.13 bits per heavy atom. The summed E-state index contributed by atoms with van der Waals surface area (Å²) in [7, 11) is 1.77. The highest BCUT2D eigenvalue weighted by molar-refractivity contribution is 14.0. The minimum Gasteiger partial charge on any atom is -0.384 e. The van der Waals surface area contributed by atoms with Crippen molar-refractivity contribution < 1.29 is 4.74 Å². The lowest BCUT2D eigenvalue weighted by Gasteiger charge is -2.21. The lowest BCUT2D eigenvalue weighted by molar-refractivity contribution is 0.157. The van der Waals surface area contributed by atoms with Crippen LogP contribution in [0.2, 0.25) is 5.02 Å². The third-order valence-electron chi connectivity index (χ3n) is 3.90. The summed E-state index contributed by atoms with van der Waals surface area (Å²) in [5, 5.41) is 4.18. The number of halogens is 2. The lowest BCUT2D eigenvalue weighted by atomic mass is 10.1. The predicted molar refractivity (Wildman–Crippen MR) is 108 cm³/mol. The van der Waals surface area contributed by atoms with E-state index in [-0.39, 0.29) is 24.0 Å². The van der Waals surface area contributed by atoms with E-state index in [4.69, 9.17) is 21.3 Å². The van der Waals surface area contributed by atoms with Gasteiger partial charge in [0.25, 0.3) is 0 Å². The van der Waals surface area contributed by atoms with Gasteiger partial charge in [0.05, 0.1) is 6.61 Å². The molecule has 1 fully saturated rings. The fourth-order valence-electron chi connectivity index (χ4n) is 2.76. The van der Waals surface area contributed by atoms with E-state index in [1.165, 1.54) is 12.0 Å². The van der Waals surface area contributed by atoms with Crippen LogP contribution in [0, 0.1) is 5.92 Å². The number of benzene rings is 1. The summed E-state index contributed by atoms with van der Waals surface area (Å²) in [6.45, 7) is 6.71. The van der Waals surface area contributed by atoms with Crippen molar-refractivity contribution in [3.8, 4) is 0 Å². The number of methoxy groups -OCH3 is 1. The maximum atomic E-state index is 5.91. The topological polar surface area (TPSA) is 36.9 Å². The first-order chi connectivity index (χ1) is 10.7. The van der Waals surface area contributed by atoms with Crippen LogP contribution in [-0.4, -0.2) is 50.8 Å². The van der Waals surface area contributed by atoms with E-state index in [1.54, 1.807) is 7.11 Å². The van der Waals surface area contributed by atoms with Crippen molar-refractivity contribution in [1.82, 2.24) is 10.2 Å². The first-order valence-electron chi connectivity index (χ1n) is 7.99. The molecule has 1 aliphatic rings. The van der Waals surface area contributed by atoms with Gasteiger partial charge in [0.1, 0.15) is 0 Å². The average molecular weight is 452 g/mol. The van der Waals surface area contributed by atoms with Crippen molar-refractivity contribution >= 4 is 41.5 Å². The van der Waals surface area contributed by atoms with Gasteiger partial charge in [-0.15, -0.1) is 24.0 Å². The van der Waals surface area contributed by atoms with Crippen molar-refractivity contribution in [3.63, 3.8) is 0 Å². The number of nitrogens with zero attached hydrogens (tertiary/aromatic N) is 2. The Balaban J connectivity index is 0.00000264. The second-order valence-electron chi connectivity index (χ2n) is 5.67. The number of hydrogen-bond acceptors (Lipinski definition) is 2. The number of nitrogens with one attached hydrogen (secondary N) is 1. The Hall–Kier alpha value is -0.530. The molecule has 4 nitrogen and oxygen atoms in total. The molecule has 23 heavy (non-hydrogen) atoms. The van der Waals surface area contributed by atoms with Crippen LogP contribution in [0.15, 0.2) is 29.3 Å². The summed E-state index contributed by atoms with van der Waals surface area (Å²) in [5.41, 5.74) is 1.27. The number of hydrogen-bond donors (Lipinski definition) is 1. The highest BCUT2D eigenvalue weighted by Gasteiger charge is 2.24. The van der Waals surface area contributed by atoms with Crippen LogP contribution < -0.4 is 5.32 Å². The molecule has 1 aromatic carbocycles. The molecule has 130 valence electrons. The molecule has 1 atom stereocenters. The highest BCUT2D eigenvalue weighted by Crippen LogP contribution is 2.16. The number of likely N-dealkylation sites (tertiary alicyclic amines) is 1. The van der Waals surface area contributed by atoms with Gasteiger partial charge in [0, 0.05) is 44.2 Å². The van der Waals surface area contributed by atoms with Gasteiger partial charge in [-0.25, -0.2) is 0 Å². The molecule has 1 unspecified atom stereocenters. The lowest BCUT2D eigenvalue weighted by Crippen LogP contribution is -2.40. The molecule has 0 aliphatic carbocycles. The molecule has 0 amide bonds. The highest BCUT2D eigenvalue weighted by atomic mass is 127. The Labute approximate surface area is 161 Å². The number of aliphatic imine (C=N–C) groups is 1. The monoisotopic (exact) mass is 451 g/mol. The van der Waals surface area contributed by atoms with Crippen LogP contribution in [-0.2, 0) is 11.2 Å². The molecular weight excluding hydrogens is 425 g/mol. The smallest absolute Gasteiger partial charge is 0.193 e. The number of guanidine groups is 1. The Bertz CT molecular complexity index is 481. The van der Waals surface area contributed by atoms with Gasteiger partial charge in [0.2, 0.25) is 0 Å². The molecular formula is C17H27ClIN3O. The van der Waals surface area contributed by atoms with Crippen LogP contribution >= 0.6 is 35.6 Å². The van der Waals surface area contributed by atoms with Gasteiger partial charge < -0.3 is 15.0 Å². The molecule has 0 aromatic heterocycles. The summed E-state index contributed by atoms with van der Waals surface area (Å²) in [6.07, 6.45) is 2.11. The van der Waals surface area contributed by atoms with Crippen LogP contribution in [0.1, 0.15) is 18.9 Å². The van der Waals surface area contributed by atoms with E-state index in [1.807, 2.05) is 12.1 Å². The van der Waals surface area contributed by atoms with Crippen molar-refractivity contribution in [2.45, 2.75) is 19.8 Å². The molecule has 2 rings (SSSR count). The van der Waals surface area contributed by atoms with E-state index in [0.29, 0.717) is 5.92 Å². The quantitative estimate of drug-likeness (QED) is 0.409. The third-order valence-corrected chi connectivity index (χ3v) is 4.15. The first-order valence-corrected chi connectivity index (χ1v) is 8.37. The summed E-state index contributed by atoms with van der Waals surface area (Å²) in [4.78, 5) is 7.11. The molecule has 1 aromatic rings. The predicted octanol–water partition coefficient (Wildman–Crippen LogP) is 3.43. The summed E-state index contributed by atoms with van der Waals surface area (Å²) >= 11 is 5.91. The van der Waals surface area contributed by atoms with Crippen LogP contribution in [0.3, 0.4) is 0 Å². The van der Waals surface area contributed by atoms with Crippen molar-refractivity contribution in [2.24, 2.45) is 10.9 Å². The van der Waals surface area contributed by atoms with E-state index < -0.39 is 0 Å². The molecule has 1 saturated heterocycles. The van der Waals surface area contributed by atoms with E-state index >= 15 is 0 Å². The number of ether oxygens (including phenoxy) is 1. The molecule has 1 N–H and O–H groups in total. The Morgan fingerprint density at radius 1 is 1.39 bits per heavy atom. The molecule has 6 heteroatoms. The molecule has 0 spiro atoms. The minimum absolute atomic E-state index is 0. The van der Waals surface area contributed by atoms with Gasteiger partial charge >= 0.3 is 0 Å².